The number of rotatable bonds is 5. The summed E-state index contributed by atoms with van der Waals surface area (Å²) in [4.78, 5) is 6.40. The molecule has 1 aliphatic carbocycles. The normalized spacial score (nSPS) is 19.0. The number of nitrogens with zero attached hydrogens (tertiary/aromatic N) is 3. The highest BCUT2D eigenvalue weighted by Gasteiger charge is 2.32. The summed E-state index contributed by atoms with van der Waals surface area (Å²) in [5.41, 5.74) is -0.518. The lowest BCUT2D eigenvalue weighted by Crippen LogP contribution is -2.38. The number of aliphatic hydroxyl groups is 1. The first-order chi connectivity index (χ1) is 8.48. The first-order valence-corrected chi connectivity index (χ1v) is 6.72. The molecular formula is C13H23N3O2. The number of likely N-dealkylation sites (N-methyl/N-ethyl adjacent to an activating group) is 1. The topological polar surface area (TPSA) is 62.4 Å². The summed E-state index contributed by atoms with van der Waals surface area (Å²) in [5.74, 6) is 1.66. The van der Waals surface area contributed by atoms with Crippen molar-refractivity contribution in [2.24, 2.45) is 0 Å². The van der Waals surface area contributed by atoms with E-state index in [0.717, 1.165) is 31.5 Å². The van der Waals surface area contributed by atoms with Crippen LogP contribution in [-0.4, -0.2) is 39.3 Å². The summed E-state index contributed by atoms with van der Waals surface area (Å²) in [6.07, 6.45) is 4.06. The zero-order valence-electron chi connectivity index (χ0n) is 11.5. The fourth-order valence-corrected chi connectivity index (χ4v) is 2.55. The lowest BCUT2D eigenvalue weighted by molar-refractivity contribution is 0.0124. The molecule has 1 saturated carbocycles. The SMILES string of the molecule is CC(C)c1noc(CN(C)CC2(O)CCCC2)n1. The zero-order valence-corrected chi connectivity index (χ0v) is 11.5. The quantitative estimate of drug-likeness (QED) is 0.868. The standard InChI is InChI=1S/C13H23N3O2/c1-10(2)12-14-11(18-15-12)8-16(3)9-13(17)6-4-5-7-13/h10,17H,4-9H2,1-3H3. The van der Waals surface area contributed by atoms with Crippen LogP contribution in [0.2, 0.25) is 0 Å². The molecule has 0 aliphatic heterocycles. The van der Waals surface area contributed by atoms with Gasteiger partial charge in [-0.1, -0.05) is 31.8 Å². The largest absolute Gasteiger partial charge is 0.389 e. The lowest BCUT2D eigenvalue weighted by Gasteiger charge is -2.27. The van der Waals surface area contributed by atoms with Gasteiger partial charge in [0.25, 0.3) is 0 Å². The van der Waals surface area contributed by atoms with Gasteiger partial charge in [0, 0.05) is 12.5 Å². The summed E-state index contributed by atoms with van der Waals surface area (Å²) in [7, 11) is 1.98. The van der Waals surface area contributed by atoms with Crippen molar-refractivity contribution in [1.29, 1.82) is 0 Å². The highest BCUT2D eigenvalue weighted by Crippen LogP contribution is 2.30. The minimum absolute atomic E-state index is 0.284. The predicted molar refractivity (Wildman–Crippen MR) is 68.1 cm³/mol. The van der Waals surface area contributed by atoms with Crippen LogP contribution in [0.3, 0.4) is 0 Å². The maximum atomic E-state index is 10.3. The Kier molecular flexibility index (Phi) is 4.02. The van der Waals surface area contributed by atoms with E-state index in [0.29, 0.717) is 19.0 Å². The molecule has 5 heteroatoms. The first kappa shape index (κ1) is 13.5. The van der Waals surface area contributed by atoms with Crippen LogP contribution in [0.25, 0.3) is 0 Å². The molecule has 18 heavy (non-hydrogen) atoms. The average Bonchev–Trinajstić information content (AvgIpc) is 2.87. The summed E-state index contributed by atoms with van der Waals surface area (Å²) in [5, 5.41) is 14.3. The second kappa shape index (κ2) is 5.36. The molecule has 0 saturated heterocycles. The number of hydrogen-bond donors (Lipinski definition) is 1. The van der Waals surface area contributed by atoms with Crippen molar-refractivity contribution in [1.82, 2.24) is 15.0 Å². The van der Waals surface area contributed by atoms with E-state index < -0.39 is 5.60 Å². The molecule has 1 N–H and O–H groups in total. The zero-order chi connectivity index (χ0) is 13.2. The molecule has 102 valence electrons. The molecule has 0 unspecified atom stereocenters. The maximum absolute atomic E-state index is 10.3. The predicted octanol–water partition coefficient (Wildman–Crippen LogP) is 1.93. The monoisotopic (exact) mass is 253 g/mol. The highest BCUT2D eigenvalue weighted by atomic mass is 16.5. The minimum Gasteiger partial charge on any atom is -0.389 e. The third-order valence-electron chi connectivity index (χ3n) is 3.50. The molecule has 0 amide bonds. The smallest absolute Gasteiger partial charge is 0.240 e. The van der Waals surface area contributed by atoms with Crippen LogP contribution in [0.1, 0.15) is 57.2 Å². The van der Waals surface area contributed by atoms with Gasteiger partial charge in [0.05, 0.1) is 12.1 Å². The Labute approximate surface area is 108 Å². The van der Waals surface area contributed by atoms with Crippen molar-refractivity contribution >= 4 is 0 Å². The summed E-state index contributed by atoms with van der Waals surface area (Å²) >= 11 is 0. The Morgan fingerprint density at radius 1 is 1.39 bits per heavy atom. The van der Waals surface area contributed by atoms with Gasteiger partial charge < -0.3 is 9.63 Å². The number of aromatic nitrogens is 2. The van der Waals surface area contributed by atoms with E-state index in [1.165, 1.54) is 0 Å². The van der Waals surface area contributed by atoms with Crippen LogP contribution in [0, 0.1) is 0 Å². The van der Waals surface area contributed by atoms with Gasteiger partial charge in [-0.3, -0.25) is 4.90 Å². The molecule has 0 aromatic carbocycles. The minimum atomic E-state index is -0.518. The van der Waals surface area contributed by atoms with Gasteiger partial charge in [-0.25, -0.2) is 0 Å². The lowest BCUT2D eigenvalue weighted by atomic mass is 10.0. The fourth-order valence-electron chi connectivity index (χ4n) is 2.55. The van der Waals surface area contributed by atoms with E-state index in [1.54, 1.807) is 0 Å². The fraction of sp³-hybridized carbons (Fsp3) is 0.846. The molecular weight excluding hydrogens is 230 g/mol. The van der Waals surface area contributed by atoms with Gasteiger partial charge in [0.2, 0.25) is 5.89 Å². The molecule has 5 nitrogen and oxygen atoms in total. The van der Waals surface area contributed by atoms with Crippen LogP contribution in [-0.2, 0) is 6.54 Å². The maximum Gasteiger partial charge on any atom is 0.240 e. The van der Waals surface area contributed by atoms with E-state index in [1.807, 2.05) is 20.9 Å². The Bertz CT molecular complexity index is 383. The van der Waals surface area contributed by atoms with Crippen LogP contribution in [0.15, 0.2) is 4.52 Å². The third-order valence-corrected chi connectivity index (χ3v) is 3.50. The summed E-state index contributed by atoms with van der Waals surface area (Å²) < 4.78 is 5.21. The molecule has 0 atom stereocenters. The Hall–Kier alpha value is -0.940. The van der Waals surface area contributed by atoms with Crippen molar-refractivity contribution < 1.29 is 9.63 Å². The van der Waals surface area contributed by atoms with E-state index in [4.69, 9.17) is 4.52 Å². The van der Waals surface area contributed by atoms with Gasteiger partial charge in [-0.2, -0.15) is 4.98 Å². The average molecular weight is 253 g/mol. The van der Waals surface area contributed by atoms with E-state index in [9.17, 15) is 5.11 Å². The van der Waals surface area contributed by atoms with Gasteiger partial charge in [0.15, 0.2) is 5.82 Å². The Balaban J connectivity index is 1.88. The van der Waals surface area contributed by atoms with Crippen molar-refractivity contribution in [2.75, 3.05) is 13.6 Å². The Morgan fingerprint density at radius 3 is 2.61 bits per heavy atom. The molecule has 1 heterocycles. The second-order valence-corrected chi connectivity index (χ2v) is 5.80. The van der Waals surface area contributed by atoms with Crippen molar-refractivity contribution in [3.63, 3.8) is 0 Å². The molecule has 2 rings (SSSR count). The highest BCUT2D eigenvalue weighted by molar-refractivity contribution is 4.92. The first-order valence-electron chi connectivity index (χ1n) is 6.72. The van der Waals surface area contributed by atoms with Gasteiger partial charge in [-0.05, 0) is 19.9 Å². The van der Waals surface area contributed by atoms with Crippen molar-refractivity contribution in [3.8, 4) is 0 Å². The van der Waals surface area contributed by atoms with Crippen molar-refractivity contribution in [2.45, 2.75) is 57.6 Å². The molecule has 1 aromatic rings. The van der Waals surface area contributed by atoms with E-state index in [-0.39, 0.29) is 5.92 Å². The number of hydrogen-bond acceptors (Lipinski definition) is 5. The van der Waals surface area contributed by atoms with Crippen molar-refractivity contribution in [3.05, 3.63) is 11.7 Å². The molecule has 1 fully saturated rings. The molecule has 0 bridgehead atoms. The molecule has 0 spiro atoms. The summed E-state index contributed by atoms with van der Waals surface area (Å²) in [6.45, 7) is 5.35. The van der Waals surface area contributed by atoms with Crippen LogP contribution in [0.5, 0.6) is 0 Å². The second-order valence-electron chi connectivity index (χ2n) is 5.80. The Morgan fingerprint density at radius 2 is 2.06 bits per heavy atom. The van der Waals surface area contributed by atoms with E-state index in [2.05, 4.69) is 15.0 Å². The molecule has 1 aliphatic rings. The van der Waals surface area contributed by atoms with Gasteiger partial charge in [0.1, 0.15) is 0 Å². The molecule has 1 aromatic heterocycles. The van der Waals surface area contributed by atoms with Gasteiger partial charge >= 0.3 is 0 Å². The summed E-state index contributed by atoms with van der Waals surface area (Å²) in [6, 6.07) is 0. The molecule has 0 radical (unpaired) electrons. The van der Waals surface area contributed by atoms with Crippen LogP contribution >= 0.6 is 0 Å². The van der Waals surface area contributed by atoms with E-state index >= 15 is 0 Å². The van der Waals surface area contributed by atoms with Crippen LogP contribution < -0.4 is 0 Å². The van der Waals surface area contributed by atoms with Crippen LogP contribution in [0.4, 0.5) is 0 Å². The third kappa shape index (κ3) is 3.29. The van der Waals surface area contributed by atoms with Gasteiger partial charge in [-0.15, -0.1) is 0 Å².